The summed E-state index contributed by atoms with van der Waals surface area (Å²) < 4.78 is 27.1. The second-order valence-electron chi connectivity index (χ2n) is 12.6. The van der Waals surface area contributed by atoms with E-state index in [1.807, 2.05) is 24.5 Å². The third-order valence-corrected chi connectivity index (χ3v) is 9.03. The number of nitrogens with one attached hydrogen (secondary N) is 2. The average Bonchev–Trinajstić information content (AvgIpc) is 3.75. The van der Waals surface area contributed by atoms with Gasteiger partial charge in [0.05, 0.1) is 66.6 Å². The van der Waals surface area contributed by atoms with Crippen molar-refractivity contribution in [3.05, 3.63) is 60.7 Å². The standard InChI is InChI=1S/C20H31N5O.C15H20FN5O/c1-3-16(4-2)7-5-6-8-17-14-25(24-23-17)19-11-20(13-21-12-19)26-15-18-9-10-22-18;16-5-2-1-3-12-10-21(20-19-12)14-7-15(9-17-8-14)22-11-13-4-6-18-13/h11-14,16,18,22H,3-10,15H2,1-2H3;7-10,13,18H,1-6,11H2. The molecule has 4 aromatic heterocycles. The fourth-order valence-electron chi connectivity index (χ4n) is 5.51. The lowest BCUT2D eigenvalue weighted by Crippen LogP contribution is -2.46. The molecular weight excluding hydrogens is 611 g/mol. The molecule has 4 aromatic rings. The van der Waals surface area contributed by atoms with E-state index in [-0.39, 0.29) is 6.67 Å². The van der Waals surface area contributed by atoms with Gasteiger partial charge in [-0.05, 0) is 64.0 Å². The van der Waals surface area contributed by atoms with Crippen molar-refractivity contribution in [3.8, 4) is 22.9 Å². The molecule has 0 amide bonds. The molecule has 2 N–H and O–H groups in total. The van der Waals surface area contributed by atoms with Crippen LogP contribution in [0.25, 0.3) is 11.4 Å². The van der Waals surface area contributed by atoms with Crippen molar-refractivity contribution >= 4 is 0 Å². The van der Waals surface area contributed by atoms with Crippen LogP contribution >= 0.6 is 0 Å². The van der Waals surface area contributed by atoms with Crippen LogP contribution in [0.15, 0.2) is 49.3 Å². The van der Waals surface area contributed by atoms with E-state index < -0.39 is 0 Å². The Labute approximate surface area is 283 Å². The van der Waals surface area contributed by atoms with Gasteiger partial charge < -0.3 is 20.1 Å². The number of ether oxygens (including phenoxy) is 2. The summed E-state index contributed by atoms with van der Waals surface area (Å²) in [6.45, 7) is 7.78. The highest BCUT2D eigenvalue weighted by atomic mass is 19.1. The van der Waals surface area contributed by atoms with Gasteiger partial charge in [0.1, 0.15) is 24.7 Å². The van der Waals surface area contributed by atoms with E-state index in [0.717, 1.165) is 79.0 Å². The maximum atomic E-state index is 12.1. The molecule has 12 nitrogen and oxygen atoms in total. The van der Waals surface area contributed by atoms with Crippen LogP contribution in [-0.2, 0) is 12.8 Å². The van der Waals surface area contributed by atoms with E-state index in [1.54, 1.807) is 34.2 Å². The van der Waals surface area contributed by atoms with E-state index in [9.17, 15) is 4.39 Å². The minimum Gasteiger partial charge on any atom is -0.490 e. The summed E-state index contributed by atoms with van der Waals surface area (Å²) >= 11 is 0. The number of pyridine rings is 2. The molecule has 0 saturated carbocycles. The largest absolute Gasteiger partial charge is 0.490 e. The number of alkyl halides is 1. The monoisotopic (exact) mass is 662 g/mol. The van der Waals surface area contributed by atoms with Crippen LogP contribution in [0.2, 0.25) is 0 Å². The Kier molecular flexibility index (Phi) is 14.1. The molecule has 2 unspecified atom stereocenters. The number of aryl methyl sites for hydroxylation is 2. The van der Waals surface area contributed by atoms with Crippen LogP contribution in [0.4, 0.5) is 4.39 Å². The van der Waals surface area contributed by atoms with E-state index in [2.05, 4.69) is 55.1 Å². The number of aromatic nitrogens is 8. The normalized spacial score (nSPS) is 16.9. The summed E-state index contributed by atoms with van der Waals surface area (Å²) in [6.07, 6.45) is 22.5. The van der Waals surface area contributed by atoms with Gasteiger partial charge in [-0.15, -0.1) is 10.2 Å². The second kappa shape index (κ2) is 19.1. The maximum Gasteiger partial charge on any atom is 0.139 e. The van der Waals surface area contributed by atoms with E-state index in [4.69, 9.17) is 9.47 Å². The van der Waals surface area contributed by atoms with E-state index in [1.165, 1.54) is 38.5 Å². The van der Waals surface area contributed by atoms with Crippen molar-refractivity contribution in [2.24, 2.45) is 5.92 Å². The lowest BCUT2D eigenvalue weighted by Gasteiger charge is -2.27. The zero-order chi connectivity index (χ0) is 33.4. The number of unbranched alkanes of at least 4 members (excludes halogenated alkanes) is 2. The van der Waals surface area contributed by atoms with Crippen LogP contribution < -0.4 is 20.1 Å². The summed E-state index contributed by atoms with van der Waals surface area (Å²) in [5, 5.41) is 23.4. The van der Waals surface area contributed by atoms with Crippen molar-refractivity contribution in [2.75, 3.05) is 33.0 Å². The molecule has 2 aliphatic rings. The lowest BCUT2D eigenvalue weighted by atomic mass is 9.96. The SMILES string of the molecule is CCC(CC)CCCCc1cn(-c2cncc(OCC3CCN3)c2)nn1.FCCCCc1cn(-c2cncc(OCC3CCN3)c2)nn1. The van der Waals surface area contributed by atoms with Crippen LogP contribution in [0.1, 0.15) is 83.0 Å². The Balaban J connectivity index is 0.000000190. The van der Waals surface area contributed by atoms with Gasteiger partial charge in [0.15, 0.2) is 0 Å². The summed E-state index contributed by atoms with van der Waals surface area (Å²) in [5.74, 6) is 2.37. The van der Waals surface area contributed by atoms with Crippen LogP contribution in [0.3, 0.4) is 0 Å². The molecular formula is C35H51FN10O2. The highest BCUT2D eigenvalue weighted by Gasteiger charge is 2.18. The first kappa shape index (κ1) is 35.3. The second-order valence-corrected chi connectivity index (χ2v) is 12.6. The highest BCUT2D eigenvalue weighted by molar-refractivity contribution is 5.35. The topological polar surface area (TPSA) is 130 Å². The number of nitrogens with zero attached hydrogens (tertiary/aromatic N) is 8. The van der Waals surface area contributed by atoms with Gasteiger partial charge in [-0.2, -0.15) is 0 Å². The molecule has 6 rings (SSSR count). The van der Waals surface area contributed by atoms with E-state index in [0.29, 0.717) is 31.7 Å². The number of rotatable bonds is 19. The molecule has 0 bridgehead atoms. The molecule has 6 heterocycles. The molecule has 2 fully saturated rings. The predicted octanol–water partition coefficient (Wildman–Crippen LogP) is 5.25. The van der Waals surface area contributed by atoms with Crippen LogP contribution in [0, 0.1) is 5.92 Å². The Hall–Kier alpha value is -3.97. The Morgan fingerprint density at radius 1 is 0.750 bits per heavy atom. The molecule has 0 spiro atoms. The average molecular weight is 663 g/mol. The summed E-state index contributed by atoms with van der Waals surface area (Å²) in [4.78, 5) is 8.46. The van der Waals surface area contributed by atoms with Crippen LogP contribution in [0.5, 0.6) is 11.5 Å². The van der Waals surface area contributed by atoms with Gasteiger partial charge in [-0.1, -0.05) is 50.0 Å². The van der Waals surface area contributed by atoms with Gasteiger partial charge in [0, 0.05) is 24.2 Å². The van der Waals surface area contributed by atoms with Gasteiger partial charge >= 0.3 is 0 Å². The molecule has 0 radical (unpaired) electrons. The van der Waals surface area contributed by atoms with Crippen molar-refractivity contribution < 1.29 is 13.9 Å². The molecule has 260 valence electrons. The Bertz CT molecular complexity index is 1490. The van der Waals surface area contributed by atoms with Gasteiger partial charge in [-0.3, -0.25) is 14.4 Å². The fourth-order valence-corrected chi connectivity index (χ4v) is 5.51. The van der Waals surface area contributed by atoms with Gasteiger partial charge in [0.25, 0.3) is 0 Å². The minimum absolute atomic E-state index is 0.284. The molecule has 0 aliphatic carbocycles. The molecule has 2 saturated heterocycles. The first-order valence-corrected chi connectivity index (χ1v) is 17.6. The first-order chi connectivity index (χ1) is 23.6. The number of hydrogen-bond donors (Lipinski definition) is 2. The fraction of sp³-hybridized carbons (Fsp3) is 0.600. The third-order valence-electron chi connectivity index (χ3n) is 9.03. The molecule has 2 atom stereocenters. The smallest absolute Gasteiger partial charge is 0.139 e. The lowest BCUT2D eigenvalue weighted by molar-refractivity contribution is 0.217. The molecule has 48 heavy (non-hydrogen) atoms. The quantitative estimate of drug-likeness (QED) is 0.129. The predicted molar refractivity (Wildman–Crippen MR) is 183 cm³/mol. The Morgan fingerprint density at radius 3 is 1.69 bits per heavy atom. The number of hydrogen-bond acceptors (Lipinski definition) is 10. The zero-order valence-electron chi connectivity index (χ0n) is 28.4. The van der Waals surface area contributed by atoms with Gasteiger partial charge in [0.2, 0.25) is 0 Å². The summed E-state index contributed by atoms with van der Waals surface area (Å²) in [5.41, 5.74) is 3.60. The molecule has 13 heteroatoms. The Morgan fingerprint density at radius 2 is 1.25 bits per heavy atom. The van der Waals surface area contributed by atoms with Gasteiger partial charge in [-0.25, -0.2) is 9.36 Å². The zero-order valence-corrected chi connectivity index (χ0v) is 28.4. The molecule has 2 aliphatic heterocycles. The van der Waals surface area contributed by atoms with E-state index >= 15 is 0 Å². The van der Waals surface area contributed by atoms with Crippen molar-refractivity contribution in [1.82, 2.24) is 50.6 Å². The summed E-state index contributed by atoms with van der Waals surface area (Å²) in [6, 6.07) is 4.77. The van der Waals surface area contributed by atoms with Crippen molar-refractivity contribution in [2.45, 2.75) is 96.6 Å². The van der Waals surface area contributed by atoms with Crippen molar-refractivity contribution in [3.63, 3.8) is 0 Å². The minimum atomic E-state index is -0.284. The number of halogens is 1. The third kappa shape index (κ3) is 11.0. The van der Waals surface area contributed by atoms with Crippen molar-refractivity contribution in [1.29, 1.82) is 0 Å². The van der Waals surface area contributed by atoms with Crippen LogP contribution in [-0.4, -0.2) is 85.0 Å². The highest BCUT2D eigenvalue weighted by Crippen LogP contribution is 2.19. The maximum absolute atomic E-state index is 12.1. The summed E-state index contributed by atoms with van der Waals surface area (Å²) in [7, 11) is 0. The molecule has 0 aromatic carbocycles. The first-order valence-electron chi connectivity index (χ1n) is 17.6.